The molecule has 1 aliphatic carbocycles. The second kappa shape index (κ2) is 7.99. The fraction of sp³-hybridized carbons (Fsp3) is 0.455. The molecule has 2 aliphatic rings. The highest BCUT2D eigenvalue weighted by molar-refractivity contribution is 5.68. The fourth-order valence-corrected chi connectivity index (χ4v) is 4.05. The number of benzene rings is 1. The Balaban J connectivity index is 1.47. The molecule has 2 aromatic rings. The van der Waals surface area contributed by atoms with Gasteiger partial charge in [-0.3, -0.25) is 4.79 Å². The first-order valence-electron chi connectivity index (χ1n) is 9.93. The van der Waals surface area contributed by atoms with Crippen LogP contribution in [0, 0.1) is 0 Å². The maximum atomic E-state index is 10.8. The number of nitrogens with one attached hydrogen (secondary N) is 1. The van der Waals surface area contributed by atoms with Crippen LogP contribution in [-0.2, 0) is 11.2 Å². The molecule has 27 heavy (non-hydrogen) atoms. The summed E-state index contributed by atoms with van der Waals surface area (Å²) in [6.45, 7) is 0. The zero-order chi connectivity index (χ0) is 18.6. The number of hydrogen-bond donors (Lipinski definition) is 2. The molecule has 2 N–H and O–H groups in total. The van der Waals surface area contributed by atoms with Crippen molar-refractivity contribution in [2.45, 2.75) is 63.5 Å². The number of nitrogens with zero attached hydrogens (tertiary/aromatic N) is 1. The lowest BCUT2D eigenvalue weighted by Crippen LogP contribution is -2.26. The van der Waals surface area contributed by atoms with Crippen LogP contribution in [0.4, 0.5) is 5.69 Å². The Morgan fingerprint density at radius 1 is 1.19 bits per heavy atom. The Morgan fingerprint density at radius 2 is 2.04 bits per heavy atom. The van der Waals surface area contributed by atoms with Gasteiger partial charge in [0.2, 0.25) is 5.88 Å². The second-order valence-electron chi connectivity index (χ2n) is 7.57. The third-order valence-electron chi connectivity index (χ3n) is 5.54. The zero-order valence-electron chi connectivity index (χ0n) is 15.5. The molecule has 1 aliphatic heterocycles. The van der Waals surface area contributed by atoms with Gasteiger partial charge in [0.15, 0.2) is 0 Å². The standard InChI is InChI=1S/C22H26N2O3/c25-22(26)13-11-17-10-8-15-14-16(9-12-20(15)23-17)19-6-3-7-21(24-19)27-18-4-1-2-5-18/h3,6-7,9,12,14,17-18,23H,1-2,4-5,8,10-11,13H2,(H,25,26). The van der Waals surface area contributed by atoms with E-state index in [-0.39, 0.29) is 12.5 Å². The summed E-state index contributed by atoms with van der Waals surface area (Å²) in [5.74, 6) is -0.0206. The number of pyridine rings is 1. The van der Waals surface area contributed by atoms with Crippen LogP contribution in [0.15, 0.2) is 36.4 Å². The molecule has 142 valence electrons. The molecule has 5 nitrogen and oxygen atoms in total. The fourth-order valence-electron chi connectivity index (χ4n) is 4.05. The van der Waals surface area contributed by atoms with Gasteiger partial charge in [-0.25, -0.2) is 4.98 Å². The van der Waals surface area contributed by atoms with Crippen LogP contribution >= 0.6 is 0 Å². The summed E-state index contributed by atoms with van der Waals surface area (Å²) in [6, 6.07) is 12.6. The predicted molar refractivity (Wildman–Crippen MR) is 105 cm³/mol. The minimum absolute atomic E-state index is 0.211. The van der Waals surface area contributed by atoms with E-state index in [1.54, 1.807) is 0 Å². The van der Waals surface area contributed by atoms with Gasteiger partial charge in [-0.15, -0.1) is 0 Å². The van der Waals surface area contributed by atoms with Crippen molar-refractivity contribution in [2.75, 3.05) is 5.32 Å². The Bertz CT molecular complexity index is 815. The monoisotopic (exact) mass is 366 g/mol. The second-order valence-corrected chi connectivity index (χ2v) is 7.57. The zero-order valence-corrected chi connectivity index (χ0v) is 15.5. The molecule has 1 aromatic heterocycles. The van der Waals surface area contributed by atoms with E-state index in [4.69, 9.17) is 14.8 Å². The number of carboxylic acid groups (broad SMARTS) is 1. The predicted octanol–water partition coefficient (Wildman–Crippen LogP) is 4.66. The third kappa shape index (κ3) is 4.41. The van der Waals surface area contributed by atoms with Crippen LogP contribution in [0.1, 0.15) is 50.5 Å². The molecule has 5 heteroatoms. The molecule has 4 rings (SSSR count). The van der Waals surface area contributed by atoms with E-state index in [0.29, 0.717) is 18.4 Å². The molecule has 0 radical (unpaired) electrons. The largest absolute Gasteiger partial charge is 0.481 e. The first-order chi connectivity index (χ1) is 13.2. The van der Waals surface area contributed by atoms with Crippen molar-refractivity contribution in [1.82, 2.24) is 4.98 Å². The van der Waals surface area contributed by atoms with E-state index >= 15 is 0 Å². The molecule has 2 heterocycles. The normalized spacial score (nSPS) is 19.3. The number of carbonyl (C=O) groups is 1. The van der Waals surface area contributed by atoms with Crippen molar-refractivity contribution < 1.29 is 14.6 Å². The van der Waals surface area contributed by atoms with Crippen molar-refractivity contribution in [3.05, 3.63) is 42.0 Å². The molecule has 1 saturated carbocycles. The molecule has 1 atom stereocenters. The van der Waals surface area contributed by atoms with Crippen LogP contribution in [0.2, 0.25) is 0 Å². The van der Waals surface area contributed by atoms with Gasteiger partial charge in [-0.2, -0.15) is 0 Å². The molecule has 0 amide bonds. The van der Waals surface area contributed by atoms with Crippen molar-refractivity contribution in [2.24, 2.45) is 0 Å². The summed E-state index contributed by atoms with van der Waals surface area (Å²) in [7, 11) is 0. The number of aryl methyl sites for hydroxylation is 1. The Kier molecular flexibility index (Phi) is 5.28. The van der Waals surface area contributed by atoms with Crippen molar-refractivity contribution >= 4 is 11.7 Å². The van der Waals surface area contributed by atoms with Crippen LogP contribution < -0.4 is 10.1 Å². The van der Waals surface area contributed by atoms with Crippen molar-refractivity contribution in [3.63, 3.8) is 0 Å². The van der Waals surface area contributed by atoms with Gasteiger partial charge in [0.25, 0.3) is 0 Å². The molecule has 1 aromatic carbocycles. The number of fused-ring (bicyclic) bond motifs is 1. The van der Waals surface area contributed by atoms with Crippen molar-refractivity contribution in [3.8, 4) is 17.1 Å². The van der Waals surface area contributed by atoms with E-state index in [1.807, 2.05) is 18.2 Å². The molecule has 0 saturated heterocycles. The van der Waals surface area contributed by atoms with Gasteiger partial charge >= 0.3 is 5.97 Å². The van der Waals surface area contributed by atoms with Crippen molar-refractivity contribution in [1.29, 1.82) is 0 Å². The van der Waals surface area contributed by atoms with Crippen LogP contribution in [0.25, 0.3) is 11.3 Å². The highest BCUT2D eigenvalue weighted by Gasteiger charge is 2.20. The van der Waals surface area contributed by atoms with Gasteiger partial charge in [-0.1, -0.05) is 12.1 Å². The summed E-state index contributed by atoms with van der Waals surface area (Å²) < 4.78 is 6.04. The van der Waals surface area contributed by atoms with E-state index in [9.17, 15) is 4.79 Å². The SMILES string of the molecule is O=C(O)CCC1CCc2cc(-c3cccc(OC4CCCC4)n3)ccc2N1. The van der Waals surface area contributed by atoms with Gasteiger partial charge in [-0.05, 0) is 68.7 Å². The third-order valence-corrected chi connectivity index (χ3v) is 5.54. The average Bonchev–Trinajstić information content (AvgIpc) is 3.19. The summed E-state index contributed by atoms with van der Waals surface area (Å²) in [4.78, 5) is 15.5. The number of aliphatic carboxylic acids is 1. The lowest BCUT2D eigenvalue weighted by molar-refractivity contribution is -0.137. The highest BCUT2D eigenvalue weighted by atomic mass is 16.5. The highest BCUT2D eigenvalue weighted by Crippen LogP contribution is 2.31. The molecule has 1 fully saturated rings. The average molecular weight is 366 g/mol. The van der Waals surface area contributed by atoms with Gasteiger partial charge in [0, 0.05) is 29.8 Å². The van der Waals surface area contributed by atoms with Crippen LogP contribution in [0.5, 0.6) is 5.88 Å². The van der Waals surface area contributed by atoms with E-state index in [0.717, 1.165) is 42.6 Å². The molecule has 1 unspecified atom stereocenters. The first-order valence-corrected chi connectivity index (χ1v) is 9.93. The van der Waals surface area contributed by atoms with Gasteiger partial charge in [0.1, 0.15) is 6.10 Å². The van der Waals surface area contributed by atoms with E-state index in [1.165, 1.54) is 18.4 Å². The van der Waals surface area contributed by atoms with E-state index in [2.05, 4.69) is 23.5 Å². The summed E-state index contributed by atoms with van der Waals surface area (Å²) in [5, 5.41) is 12.4. The Morgan fingerprint density at radius 3 is 2.85 bits per heavy atom. The van der Waals surface area contributed by atoms with Crippen LogP contribution in [-0.4, -0.2) is 28.2 Å². The maximum absolute atomic E-state index is 10.8. The molecule has 0 bridgehead atoms. The Labute approximate surface area is 159 Å². The van der Waals surface area contributed by atoms with Gasteiger partial charge in [0.05, 0.1) is 5.69 Å². The quantitative estimate of drug-likeness (QED) is 0.778. The minimum Gasteiger partial charge on any atom is -0.481 e. The smallest absolute Gasteiger partial charge is 0.303 e. The number of ether oxygens (including phenoxy) is 1. The summed E-state index contributed by atoms with van der Waals surface area (Å²) >= 11 is 0. The molecular formula is C22H26N2O3. The lowest BCUT2D eigenvalue weighted by Gasteiger charge is -2.27. The first kappa shape index (κ1) is 17.8. The molecular weight excluding hydrogens is 340 g/mol. The van der Waals surface area contributed by atoms with E-state index < -0.39 is 5.97 Å². The maximum Gasteiger partial charge on any atom is 0.303 e. The summed E-state index contributed by atoms with van der Waals surface area (Å²) in [6.07, 6.45) is 7.84. The minimum atomic E-state index is -0.733. The molecule has 0 spiro atoms. The Hall–Kier alpha value is -2.56. The number of hydrogen-bond acceptors (Lipinski definition) is 4. The number of rotatable bonds is 6. The van der Waals surface area contributed by atoms with Crippen LogP contribution in [0.3, 0.4) is 0 Å². The number of anilines is 1. The number of aromatic nitrogens is 1. The lowest BCUT2D eigenvalue weighted by atomic mass is 9.93. The summed E-state index contributed by atoms with van der Waals surface area (Å²) in [5.41, 5.74) is 4.40. The number of carboxylic acids is 1. The van der Waals surface area contributed by atoms with Gasteiger partial charge < -0.3 is 15.2 Å². The topological polar surface area (TPSA) is 71.5 Å².